The van der Waals surface area contributed by atoms with Crippen LogP contribution in [0.1, 0.15) is 25.7 Å². The van der Waals surface area contributed by atoms with Crippen molar-refractivity contribution in [2.45, 2.75) is 6.92 Å². The van der Waals surface area contributed by atoms with Crippen LogP contribution >= 0.6 is 11.3 Å². The molecule has 0 aliphatic carbocycles. The highest BCUT2D eigenvalue weighted by atomic mass is 32.1. The van der Waals surface area contributed by atoms with Crippen LogP contribution in [-0.4, -0.2) is 31.1 Å². The minimum absolute atomic E-state index is 0.303. The molecule has 0 unspecified atom stereocenters. The van der Waals surface area contributed by atoms with Crippen LogP contribution < -0.4 is 10.1 Å². The first kappa shape index (κ1) is 15.0. The smallest absolute Gasteiger partial charge is 0.350 e. The van der Waals surface area contributed by atoms with Crippen molar-refractivity contribution in [1.82, 2.24) is 4.98 Å². The Morgan fingerprint density at radius 3 is 2.43 bits per heavy atom. The van der Waals surface area contributed by atoms with E-state index in [0.29, 0.717) is 27.0 Å². The zero-order chi connectivity index (χ0) is 15.4. The van der Waals surface area contributed by atoms with Gasteiger partial charge in [0.05, 0.1) is 19.9 Å². The van der Waals surface area contributed by atoms with E-state index in [1.807, 2.05) is 0 Å². The Bertz CT molecular complexity index is 664. The Morgan fingerprint density at radius 2 is 1.86 bits per heavy atom. The Kier molecular flexibility index (Phi) is 4.54. The lowest BCUT2D eigenvalue weighted by atomic mass is 10.2. The number of esters is 1. The van der Waals surface area contributed by atoms with Crippen LogP contribution in [0.15, 0.2) is 24.3 Å². The van der Waals surface area contributed by atoms with Crippen LogP contribution in [0.2, 0.25) is 0 Å². The second-order valence-electron chi connectivity index (χ2n) is 4.11. The molecular weight excluding hydrogens is 292 g/mol. The average molecular weight is 306 g/mol. The van der Waals surface area contributed by atoms with Gasteiger partial charge in [-0.3, -0.25) is 10.1 Å². The molecule has 2 aromatic rings. The summed E-state index contributed by atoms with van der Waals surface area (Å²) < 4.78 is 9.68. The van der Waals surface area contributed by atoms with Crippen molar-refractivity contribution >= 4 is 28.3 Å². The van der Waals surface area contributed by atoms with Crippen molar-refractivity contribution in [3.63, 3.8) is 0 Å². The first-order valence-corrected chi connectivity index (χ1v) is 6.88. The van der Waals surface area contributed by atoms with Gasteiger partial charge in [-0.2, -0.15) is 0 Å². The molecule has 1 N–H and O–H groups in total. The van der Waals surface area contributed by atoms with Crippen LogP contribution in [0.25, 0.3) is 0 Å². The van der Waals surface area contributed by atoms with Gasteiger partial charge in [-0.1, -0.05) is 11.3 Å². The molecular formula is C14H14N2O4S. The molecule has 1 aromatic carbocycles. The van der Waals surface area contributed by atoms with E-state index in [1.165, 1.54) is 7.11 Å². The molecule has 0 aliphatic rings. The van der Waals surface area contributed by atoms with Crippen molar-refractivity contribution in [3.05, 3.63) is 40.4 Å². The van der Waals surface area contributed by atoms with Crippen LogP contribution in [0, 0.1) is 6.92 Å². The standard InChI is InChI=1S/C14H14N2O4S/c1-8-11(13(18)20-3)21-14(15-8)16-12(17)9-4-6-10(19-2)7-5-9/h4-7H,1-3H3,(H,15,16,17). The number of amides is 1. The van der Waals surface area contributed by atoms with Gasteiger partial charge < -0.3 is 9.47 Å². The van der Waals surface area contributed by atoms with Crippen molar-refractivity contribution < 1.29 is 19.1 Å². The number of aromatic nitrogens is 1. The van der Waals surface area contributed by atoms with Crippen molar-refractivity contribution in [3.8, 4) is 5.75 Å². The van der Waals surface area contributed by atoms with Gasteiger partial charge in [0.1, 0.15) is 10.6 Å². The molecule has 0 radical (unpaired) electrons. The van der Waals surface area contributed by atoms with Gasteiger partial charge in [0.2, 0.25) is 0 Å². The molecule has 0 aliphatic heterocycles. The van der Waals surface area contributed by atoms with E-state index in [-0.39, 0.29) is 5.91 Å². The molecule has 6 nitrogen and oxygen atoms in total. The second-order valence-corrected chi connectivity index (χ2v) is 5.11. The predicted octanol–water partition coefficient (Wildman–Crippen LogP) is 2.50. The summed E-state index contributed by atoms with van der Waals surface area (Å²) in [6, 6.07) is 6.69. The summed E-state index contributed by atoms with van der Waals surface area (Å²) in [7, 11) is 2.86. The minimum atomic E-state index is -0.463. The number of aryl methyl sites for hydroxylation is 1. The number of carbonyl (C=O) groups is 2. The maximum atomic E-state index is 12.1. The fourth-order valence-electron chi connectivity index (χ4n) is 1.64. The fraction of sp³-hybridized carbons (Fsp3) is 0.214. The highest BCUT2D eigenvalue weighted by Crippen LogP contribution is 2.24. The SMILES string of the molecule is COC(=O)c1sc(NC(=O)c2ccc(OC)cc2)nc1C. The molecule has 0 saturated carbocycles. The van der Waals surface area contributed by atoms with Gasteiger partial charge in [0.25, 0.3) is 5.91 Å². The average Bonchev–Trinajstić information content (AvgIpc) is 2.87. The number of nitrogens with one attached hydrogen (secondary N) is 1. The third-order valence-electron chi connectivity index (χ3n) is 2.74. The second kappa shape index (κ2) is 6.36. The highest BCUT2D eigenvalue weighted by molar-refractivity contribution is 7.17. The molecule has 0 bridgehead atoms. The van der Waals surface area contributed by atoms with E-state index in [2.05, 4.69) is 15.0 Å². The highest BCUT2D eigenvalue weighted by Gasteiger charge is 2.17. The zero-order valence-corrected chi connectivity index (χ0v) is 12.6. The van der Waals surface area contributed by atoms with E-state index < -0.39 is 5.97 Å². The van der Waals surface area contributed by atoms with Gasteiger partial charge in [-0.15, -0.1) is 0 Å². The number of ether oxygens (including phenoxy) is 2. The van der Waals surface area contributed by atoms with E-state index in [1.54, 1.807) is 38.3 Å². The molecule has 0 saturated heterocycles. The first-order chi connectivity index (χ1) is 10.0. The van der Waals surface area contributed by atoms with Gasteiger partial charge in [-0.05, 0) is 31.2 Å². The van der Waals surface area contributed by atoms with E-state index in [0.717, 1.165) is 11.3 Å². The number of rotatable bonds is 4. The van der Waals surface area contributed by atoms with E-state index >= 15 is 0 Å². The molecule has 1 aromatic heterocycles. The maximum absolute atomic E-state index is 12.1. The number of methoxy groups -OCH3 is 2. The normalized spacial score (nSPS) is 10.0. The molecule has 2 rings (SSSR count). The Balaban J connectivity index is 2.13. The Hall–Kier alpha value is -2.41. The lowest BCUT2D eigenvalue weighted by Gasteiger charge is -2.03. The van der Waals surface area contributed by atoms with Crippen molar-refractivity contribution in [2.24, 2.45) is 0 Å². The van der Waals surface area contributed by atoms with Crippen molar-refractivity contribution in [2.75, 3.05) is 19.5 Å². The molecule has 7 heteroatoms. The number of carbonyl (C=O) groups excluding carboxylic acids is 2. The topological polar surface area (TPSA) is 77.5 Å². The minimum Gasteiger partial charge on any atom is -0.497 e. The lowest BCUT2D eigenvalue weighted by molar-refractivity contribution is 0.0605. The number of hydrogen-bond donors (Lipinski definition) is 1. The van der Waals surface area contributed by atoms with Crippen LogP contribution in [0.4, 0.5) is 5.13 Å². The number of anilines is 1. The molecule has 110 valence electrons. The molecule has 0 spiro atoms. The summed E-state index contributed by atoms with van der Waals surface area (Å²) in [5.41, 5.74) is 1.00. The summed E-state index contributed by atoms with van der Waals surface area (Å²) in [6.45, 7) is 1.69. The third kappa shape index (κ3) is 3.38. The van der Waals surface area contributed by atoms with Crippen LogP contribution in [0.5, 0.6) is 5.75 Å². The fourth-order valence-corrected chi connectivity index (χ4v) is 2.52. The van der Waals surface area contributed by atoms with Gasteiger partial charge >= 0.3 is 5.97 Å². The number of benzene rings is 1. The number of thiazole rings is 1. The van der Waals surface area contributed by atoms with Crippen molar-refractivity contribution in [1.29, 1.82) is 0 Å². The van der Waals surface area contributed by atoms with Crippen LogP contribution in [0.3, 0.4) is 0 Å². The Morgan fingerprint density at radius 1 is 1.19 bits per heavy atom. The van der Waals surface area contributed by atoms with E-state index in [9.17, 15) is 9.59 Å². The van der Waals surface area contributed by atoms with Gasteiger partial charge in [-0.25, -0.2) is 9.78 Å². The summed E-state index contributed by atoms with van der Waals surface area (Å²) in [6.07, 6.45) is 0. The zero-order valence-electron chi connectivity index (χ0n) is 11.8. The summed E-state index contributed by atoms with van der Waals surface area (Å²) in [5, 5.41) is 3.01. The third-order valence-corrected chi connectivity index (χ3v) is 3.79. The first-order valence-electron chi connectivity index (χ1n) is 6.06. The van der Waals surface area contributed by atoms with Gasteiger partial charge in [0, 0.05) is 5.56 Å². The largest absolute Gasteiger partial charge is 0.497 e. The molecule has 0 fully saturated rings. The summed E-state index contributed by atoms with van der Waals surface area (Å²) in [5.74, 6) is -0.0950. The summed E-state index contributed by atoms with van der Waals surface area (Å²) >= 11 is 1.08. The molecule has 0 atom stereocenters. The van der Waals surface area contributed by atoms with E-state index in [4.69, 9.17) is 4.74 Å². The lowest BCUT2D eigenvalue weighted by Crippen LogP contribution is -2.11. The monoisotopic (exact) mass is 306 g/mol. The Labute approximate surface area is 125 Å². The van der Waals surface area contributed by atoms with Crippen LogP contribution in [-0.2, 0) is 4.74 Å². The molecule has 21 heavy (non-hydrogen) atoms. The molecule has 1 amide bonds. The molecule has 1 heterocycles. The summed E-state index contributed by atoms with van der Waals surface area (Å²) in [4.78, 5) is 28.1. The quantitative estimate of drug-likeness (QED) is 0.878. The maximum Gasteiger partial charge on any atom is 0.350 e. The number of hydrogen-bond acceptors (Lipinski definition) is 6. The predicted molar refractivity (Wildman–Crippen MR) is 79.1 cm³/mol. The van der Waals surface area contributed by atoms with Gasteiger partial charge in [0.15, 0.2) is 5.13 Å². The number of nitrogens with zero attached hydrogens (tertiary/aromatic N) is 1.